The Labute approximate surface area is 181 Å². The molecule has 158 valence electrons. The van der Waals surface area contributed by atoms with Gasteiger partial charge in [0.05, 0.1) is 19.3 Å². The third-order valence-corrected chi connectivity index (χ3v) is 5.23. The van der Waals surface area contributed by atoms with Gasteiger partial charge in [-0.25, -0.2) is 0 Å². The number of carbonyl (C=O) groups is 2. The lowest BCUT2D eigenvalue weighted by Crippen LogP contribution is -2.41. The normalized spacial score (nSPS) is 12.7. The van der Waals surface area contributed by atoms with Gasteiger partial charge in [0.2, 0.25) is 5.91 Å². The van der Waals surface area contributed by atoms with Crippen LogP contribution in [0.25, 0.3) is 0 Å². The number of hydrogen-bond donors (Lipinski definition) is 0. The summed E-state index contributed by atoms with van der Waals surface area (Å²) >= 11 is 0. The average molecular weight is 416 g/mol. The van der Waals surface area contributed by atoms with E-state index in [-0.39, 0.29) is 24.8 Å². The number of amides is 2. The maximum Gasteiger partial charge on any atom is 0.265 e. The fraction of sp³-hybridized carbons (Fsp3) is 0.200. The van der Waals surface area contributed by atoms with E-state index in [1.165, 1.54) is 0 Å². The molecule has 2 amide bonds. The molecule has 4 rings (SSSR count). The average Bonchev–Trinajstić information content (AvgIpc) is 2.82. The molecule has 0 saturated carbocycles. The predicted molar refractivity (Wildman–Crippen MR) is 120 cm³/mol. The van der Waals surface area contributed by atoms with Gasteiger partial charge in [0, 0.05) is 18.7 Å². The highest BCUT2D eigenvalue weighted by atomic mass is 16.5. The molecule has 0 radical (unpaired) electrons. The minimum atomic E-state index is -0.148. The van der Waals surface area contributed by atoms with Crippen LogP contribution in [0.5, 0.6) is 11.5 Å². The van der Waals surface area contributed by atoms with E-state index in [4.69, 9.17) is 9.47 Å². The van der Waals surface area contributed by atoms with Gasteiger partial charge in [-0.3, -0.25) is 9.59 Å². The molecule has 6 heteroatoms. The second kappa shape index (κ2) is 9.34. The SMILES string of the molecule is COc1ccc(N(Cc2ccccc2)C(=O)CCN2C(=O)COc3ccccc32)cc1. The van der Waals surface area contributed by atoms with Gasteiger partial charge in [-0.1, -0.05) is 42.5 Å². The van der Waals surface area contributed by atoms with Crippen LogP contribution < -0.4 is 19.3 Å². The number of para-hydroxylation sites is 2. The van der Waals surface area contributed by atoms with Crippen molar-refractivity contribution in [1.82, 2.24) is 0 Å². The summed E-state index contributed by atoms with van der Waals surface area (Å²) in [5.74, 6) is 1.17. The molecule has 3 aromatic rings. The van der Waals surface area contributed by atoms with Crippen molar-refractivity contribution >= 4 is 23.2 Å². The zero-order valence-electron chi connectivity index (χ0n) is 17.4. The lowest BCUT2D eigenvalue weighted by atomic mass is 10.1. The first-order valence-corrected chi connectivity index (χ1v) is 10.2. The minimum Gasteiger partial charge on any atom is -0.497 e. The minimum absolute atomic E-state index is 0.0165. The van der Waals surface area contributed by atoms with Crippen molar-refractivity contribution in [3.63, 3.8) is 0 Å². The van der Waals surface area contributed by atoms with Crippen LogP contribution >= 0.6 is 0 Å². The molecule has 0 unspecified atom stereocenters. The molecule has 0 atom stereocenters. The molecule has 1 aliphatic rings. The monoisotopic (exact) mass is 416 g/mol. The van der Waals surface area contributed by atoms with E-state index in [0.29, 0.717) is 24.5 Å². The first-order chi connectivity index (χ1) is 15.2. The number of hydrogen-bond acceptors (Lipinski definition) is 4. The second-order valence-electron chi connectivity index (χ2n) is 7.22. The number of carbonyl (C=O) groups excluding carboxylic acids is 2. The van der Waals surface area contributed by atoms with Crippen molar-refractivity contribution in [2.24, 2.45) is 0 Å². The summed E-state index contributed by atoms with van der Waals surface area (Å²) in [4.78, 5) is 29.1. The van der Waals surface area contributed by atoms with Gasteiger partial charge in [-0.2, -0.15) is 0 Å². The lowest BCUT2D eigenvalue weighted by Gasteiger charge is -2.30. The van der Waals surface area contributed by atoms with Gasteiger partial charge in [-0.15, -0.1) is 0 Å². The third kappa shape index (κ3) is 4.69. The highest BCUT2D eigenvalue weighted by Gasteiger charge is 2.26. The molecular formula is C25H24N2O4. The van der Waals surface area contributed by atoms with Crippen molar-refractivity contribution in [3.05, 3.63) is 84.4 Å². The number of ether oxygens (including phenoxy) is 2. The molecule has 0 N–H and O–H groups in total. The molecule has 0 aromatic heterocycles. The maximum absolute atomic E-state index is 13.3. The van der Waals surface area contributed by atoms with Gasteiger partial charge in [0.1, 0.15) is 11.5 Å². The molecule has 1 aliphatic heterocycles. The number of benzene rings is 3. The summed E-state index contributed by atoms with van der Waals surface area (Å²) in [7, 11) is 1.61. The Morgan fingerprint density at radius 2 is 1.71 bits per heavy atom. The van der Waals surface area contributed by atoms with Gasteiger partial charge < -0.3 is 19.3 Å². The second-order valence-corrected chi connectivity index (χ2v) is 7.22. The smallest absolute Gasteiger partial charge is 0.265 e. The van der Waals surface area contributed by atoms with E-state index in [2.05, 4.69) is 0 Å². The molecule has 31 heavy (non-hydrogen) atoms. The van der Waals surface area contributed by atoms with Crippen molar-refractivity contribution in [1.29, 1.82) is 0 Å². The summed E-state index contributed by atoms with van der Waals surface area (Å²) < 4.78 is 10.7. The number of anilines is 2. The fourth-order valence-electron chi connectivity index (χ4n) is 3.59. The Morgan fingerprint density at radius 3 is 2.45 bits per heavy atom. The van der Waals surface area contributed by atoms with Crippen LogP contribution in [0, 0.1) is 0 Å². The molecule has 0 fully saturated rings. The van der Waals surface area contributed by atoms with Crippen molar-refractivity contribution < 1.29 is 19.1 Å². The fourth-order valence-corrected chi connectivity index (χ4v) is 3.59. The summed E-state index contributed by atoms with van der Waals surface area (Å²) in [6.07, 6.45) is 0.193. The van der Waals surface area contributed by atoms with Gasteiger partial charge in [0.25, 0.3) is 5.91 Å². The lowest BCUT2D eigenvalue weighted by molar-refractivity contribution is -0.121. The van der Waals surface area contributed by atoms with Crippen LogP contribution in [0.1, 0.15) is 12.0 Å². The Balaban J connectivity index is 1.53. The van der Waals surface area contributed by atoms with E-state index in [0.717, 1.165) is 17.0 Å². The summed E-state index contributed by atoms with van der Waals surface area (Å²) in [5.41, 5.74) is 2.51. The number of fused-ring (bicyclic) bond motifs is 1. The molecule has 3 aromatic carbocycles. The highest BCUT2D eigenvalue weighted by Crippen LogP contribution is 2.31. The Morgan fingerprint density at radius 1 is 1.00 bits per heavy atom. The number of methoxy groups -OCH3 is 1. The van der Waals surface area contributed by atoms with Crippen LogP contribution in [-0.4, -0.2) is 32.1 Å². The van der Waals surface area contributed by atoms with Crippen LogP contribution in [0.3, 0.4) is 0 Å². The Bertz CT molecular complexity index is 1050. The molecule has 1 heterocycles. The van der Waals surface area contributed by atoms with E-state index < -0.39 is 0 Å². The zero-order valence-corrected chi connectivity index (χ0v) is 17.4. The standard InChI is InChI=1S/C25H24N2O4/c1-30-21-13-11-20(12-14-21)27(17-19-7-3-2-4-8-19)24(28)15-16-26-22-9-5-6-10-23(22)31-18-25(26)29/h2-14H,15-18H2,1H3. The van der Waals surface area contributed by atoms with Crippen LogP contribution in [-0.2, 0) is 16.1 Å². The molecule has 0 aliphatic carbocycles. The van der Waals surface area contributed by atoms with Crippen LogP contribution in [0.15, 0.2) is 78.9 Å². The van der Waals surface area contributed by atoms with Crippen LogP contribution in [0.4, 0.5) is 11.4 Å². The van der Waals surface area contributed by atoms with Crippen molar-refractivity contribution in [2.75, 3.05) is 30.1 Å². The van der Waals surface area contributed by atoms with E-state index in [1.54, 1.807) is 16.9 Å². The molecular weight excluding hydrogens is 392 g/mol. The molecule has 0 saturated heterocycles. The largest absolute Gasteiger partial charge is 0.497 e. The quantitative estimate of drug-likeness (QED) is 0.583. The van der Waals surface area contributed by atoms with E-state index in [9.17, 15) is 9.59 Å². The summed E-state index contributed by atoms with van der Waals surface area (Å²) in [6, 6.07) is 24.6. The maximum atomic E-state index is 13.3. The van der Waals surface area contributed by atoms with E-state index >= 15 is 0 Å². The van der Waals surface area contributed by atoms with E-state index in [1.807, 2.05) is 78.9 Å². The highest BCUT2D eigenvalue weighted by molar-refractivity contribution is 5.99. The Kier molecular flexibility index (Phi) is 6.17. The predicted octanol–water partition coefficient (Wildman–Crippen LogP) is 4.04. The van der Waals surface area contributed by atoms with Gasteiger partial charge >= 0.3 is 0 Å². The Hall–Kier alpha value is -3.80. The van der Waals surface area contributed by atoms with Crippen molar-refractivity contribution in [2.45, 2.75) is 13.0 Å². The first kappa shape index (κ1) is 20.5. The molecule has 0 bridgehead atoms. The molecule has 0 spiro atoms. The van der Waals surface area contributed by atoms with Gasteiger partial charge in [0.15, 0.2) is 6.61 Å². The first-order valence-electron chi connectivity index (χ1n) is 10.2. The van der Waals surface area contributed by atoms with Crippen LogP contribution in [0.2, 0.25) is 0 Å². The van der Waals surface area contributed by atoms with Crippen molar-refractivity contribution in [3.8, 4) is 11.5 Å². The van der Waals surface area contributed by atoms with Gasteiger partial charge in [-0.05, 0) is 42.0 Å². The number of nitrogens with zero attached hydrogens (tertiary/aromatic N) is 2. The topological polar surface area (TPSA) is 59.1 Å². The summed E-state index contributed by atoms with van der Waals surface area (Å²) in [5, 5.41) is 0. The summed E-state index contributed by atoms with van der Waals surface area (Å²) in [6.45, 7) is 0.719. The molecule has 6 nitrogen and oxygen atoms in total. The third-order valence-electron chi connectivity index (χ3n) is 5.23. The number of rotatable bonds is 7. The zero-order chi connectivity index (χ0) is 21.6.